The fraction of sp³-hybridized carbons (Fsp3) is 0.588. The Morgan fingerprint density at radius 3 is 2.40 bits per heavy atom. The van der Waals surface area contributed by atoms with Gasteiger partial charge in [-0.1, -0.05) is 15.9 Å². The minimum atomic E-state index is -3.60. The fourth-order valence-corrected chi connectivity index (χ4v) is 5.14. The van der Waals surface area contributed by atoms with Gasteiger partial charge in [0.05, 0.1) is 4.90 Å². The van der Waals surface area contributed by atoms with Gasteiger partial charge in [0, 0.05) is 30.1 Å². The topological polar surface area (TPSA) is 66.9 Å². The summed E-state index contributed by atoms with van der Waals surface area (Å²) in [6.45, 7) is 9.92. The maximum atomic E-state index is 12.9. The number of aryl methyl sites for hydroxylation is 1. The normalized spacial score (nSPS) is 19.8. The summed E-state index contributed by atoms with van der Waals surface area (Å²) in [6, 6.07) is 4.87. The highest BCUT2D eigenvalue weighted by Crippen LogP contribution is 2.25. The van der Waals surface area contributed by atoms with Gasteiger partial charge in [-0.15, -0.1) is 0 Å². The van der Waals surface area contributed by atoms with Gasteiger partial charge >= 0.3 is 6.09 Å². The van der Waals surface area contributed by atoms with Crippen LogP contribution >= 0.6 is 15.9 Å². The van der Waals surface area contributed by atoms with Gasteiger partial charge in [0.1, 0.15) is 5.60 Å². The number of carbonyl (C=O) groups is 1. The Kier molecular flexibility index (Phi) is 5.85. The smallest absolute Gasteiger partial charge is 0.410 e. The van der Waals surface area contributed by atoms with Gasteiger partial charge in [-0.25, -0.2) is 13.2 Å². The minimum absolute atomic E-state index is 0.243. The van der Waals surface area contributed by atoms with Crippen molar-refractivity contribution < 1.29 is 17.9 Å². The van der Waals surface area contributed by atoms with E-state index in [0.29, 0.717) is 6.54 Å². The molecular weight excluding hydrogens is 408 g/mol. The Balaban J connectivity index is 2.15. The van der Waals surface area contributed by atoms with E-state index in [4.69, 9.17) is 4.74 Å². The van der Waals surface area contributed by atoms with Crippen LogP contribution in [0.25, 0.3) is 0 Å². The van der Waals surface area contributed by atoms with Crippen molar-refractivity contribution in [3.8, 4) is 0 Å². The highest BCUT2D eigenvalue weighted by Gasteiger charge is 2.36. The van der Waals surface area contributed by atoms with E-state index in [-0.39, 0.29) is 24.0 Å². The SMILES string of the molecule is Cc1cc(Br)cc(S(=O)(=O)N2CCN(C(=O)OC(C)(C)C)C(C)C2)c1. The number of hydrogen-bond donors (Lipinski definition) is 0. The second-order valence-electron chi connectivity index (χ2n) is 7.35. The number of benzene rings is 1. The quantitative estimate of drug-likeness (QED) is 0.717. The largest absolute Gasteiger partial charge is 0.444 e. The molecule has 0 saturated carbocycles. The van der Waals surface area contributed by atoms with Crippen LogP contribution in [0.1, 0.15) is 33.3 Å². The first-order valence-corrected chi connectivity index (χ1v) is 10.4. The summed E-state index contributed by atoms with van der Waals surface area (Å²) >= 11 is 3.35. The summed E-state index contributed by atoms with van der Waals surface area (Å²) < 4.78 is 33.4. The Hall–Kier alpha value is -1.12. The summed E-state index contributed by atoms with van der Waals surface area (Å²) in [6.07, 6.45) is -0.407. The van der Waals surface area contributed by atoms with Crippen LogP contribution < -0.4 is 0 Å². The summed E-state index contributed by atoms with van der Waals surface area (Å²) in [5.74, 6) is 0. The standard InChI is InChI=1S/C17H25BrN2O4S/c1-12-8-14(18)10-15(9-12)25(22,23)19-6-7-20(13(2)11-19)16(21)24-17(3,4)5/h8-10,13H,6-7,11H2,1-5H3. The molecule has 140 valence electrons. The molecule has 25 heavy (non-hydrogen) atoms. The highest BCUT2D eigenvalue weighted by atomic mass is 79.9. The first-order valence-electron chi connectivity index (χ1n) is 8.17. The predicted octanol–water partition coefficient (Wildman–Crippen LogP) is 3.39. The lowest BCUT2D eigenvalue weighted by Gasteiger charge is -2.39. The molecule has 0 N–H and O–H groups in total. The van der Waals surface area contributed by atoms with Gasteiger partial charge in [-0.2, -0.15) is 4.31 Å². The molecule has 1 atom stereocenters. The minimum Gasteiger partial charge on any atom is -0.444 e. The molecule has 2 rings (SSSR count). The van der Waals surface area contributed by atoms with Crippen molar-refractivity contribution in [3.63, 3.8) is 0 Å². The van der Waals surface area contributed by atoms with E-state index in [1.54, 1.807) is 17.0 Å². The third kappa shape index (κ3) is 4.95. The predicted molar refractivity (Wildman–Crippen MR) is 100 cm³/mol. The zero-order valence-corrected chi connectivity index (χ0v) is 17.6. The molecule has 1 aromatic carbocycles. The third-order valence-electron chi connectivity index (χ3n) is 3.87. The van der Waals surface area contributed by atoms with Gasteiger partial charge in [0.15, 0.2) is 0 Å². The second-order valence-corrected chi connectivity index (χ2v) is 10.2. The summed E-state index contributed by atoms with van der Waals surface area (Å²) in [5, 5.41) is 0. The molecule has 0 radical (unpaired) electrons. The van der Waals surface area contributed by atoms with Crippen LogP contribution in [0.2, 0.25) is 0 Å². The summed E-state index contributed by atoms with van der Waals surface area (Å²) in [5.41, 5.74) is 0.293. The number of sulfonamides is 1. The number of piperazine rings is 1. The molecule has 1 amide bonds. The van der Waals surface area contributed by atoms with Crippen LogP contribution in [0.4, 0.5) is 4.79 Å². The number of nitrogens with zero attached hydrogens (tertiary/aromatic N) is 2. The molecule has 1 saturated heterocycles. The number of amides is 1. The van der Waals surface area contributed by atoms with Crippen LogP contribution in [-0.4, -0.2) is 55.0 Å². The number of ether oxygens (including phenoxy) is 1. The number of carbonyl (C=O) groups excluding carboxylic acids is 1. The fourth-order valence-electron chi connectivity index (χ4n) is 2.74. The van der Waals surface area contributed by atoms with Crippen molar-refractivity contribution in [2.24, 2.45) is 0 Å². The maximum absolute atomic E-state index is 12.9. The Labute approximate surface area is 158 Å². The van der Waals surface area contributed by atoms with Crippen LogP contribution in [0.5, 0.6) is 0 Å². The average Bonchev–Trinajstić information content (AvgIpc) is 2.44. The lowest BCUT2D eigenvalue weighted by molar-refractivity contribution is 0.00859. The first-order chi connectivity index (χ1) is 11.4. The Bertz CT molecular complexity index is 738. The molecule has 1 aliphatic heterocycles. The van der Waals surface area contributed by atoms with Gasteiger partial charge < -0.3 is 9.64 Å². The van der Waals surface area contributed by atoms with Crippen LogP contribution in [0.15, 0.2) is 27.6 Å². The zero-order chi connectivity index (χ0) is 19.0. The lowest BCUT2D eigenvalue weighted by atomic mass is 10.2. The molecule has 1 heterocycles. The van der Waals surface area contributed by atoms with Gasteiger partial charge in [0.2, 0.25) is 10.0 Å². The third-order valence-corrected chi connectivity index (χ3v) is 6.17. The lowest BCUT2D eigenvalue weighted by Crippen LogP contribution is -2.56. The van der Waals surface area contributed by atoms with E-state index in [1.807, 2.05) is 40.7 Å². The van der Waals surface area contributed by atoms with Gasteiger partial charge in [0.25, 0.3) is 0 Å². The van der Waals surface area contributed by atoms with Crippen molar-refractivity contribution in [3.05, 3.63) is 28.2 Å². The summed E-state index contributed by atoms with van der Waals surface area (Å²) in [4.78, 5) is 14.1. The highest BCUT2D eigenvalue weighted by molar-refractivity contribution is 9.10. The molecular formula is C17H25BrN2O4S. The zero-order valence-electron chi connectivity index (χ0n) is 15.2. The van der Waals surface area contributed by atoms with Gasteiger partial charge in [-0.05, 0) is 58.4 Å². The van der Waals surface area contributed by atoms with E-state index < -0.39 is 21.7 Å². The molecule has 6 nitrogen and oxygen atoms in total. The van der Waals surface area contributed by atoms with E-state index in [0.717, 1.165) is 10.0 Å². The average molecular weight is 433 g/mol. The van der Waals surface area contributed by atoms with E-state index in [9.17, 15) is 13.2 Å². The Morgan fingerprint density at radius 1 is 1.24 bits per heavy atom. The molecule has 0 spiro atoms. The molecule has 8 heteroatoms. The summed E-state index contributed by atoms with van der Waals surface area (Å²) in [7, 11) is -3.60. The van der Waals surface area contributed by atoms with Crippen molar-refractivity contribution in [1.29, 1.82) is 0 Å². The number of hydrogen-bond acceptors (Lipinski definition) is 4. The molecule has 0 bridgehead atoms. The van der Waals surface area contributed by atoms with Crippen LogP contribution in [0.3, 0.4) is 0 Å². The second kappa shape index (κ2) is 7.25. The maximum Gasteiger partial charge on any atom is 0.410 e. The molecule has 1 fully saturated rings. The van der Waals surface area contributed by atoms with Gasteiger partial charge in [-0.3, -0.25) is 0 Å². The van der Waals surface area contributed by atoms with E-state index >= 15 is 0 Å². The van der Waals surface area contributed by atoms with Crippen molar-refractivity contribution >= 4 is 32.0 Å². The molecule has 1 aliphatic rings. The van der Waals surface area contributed by atoms with Crippen LogP contribution in [0, 0.1) is 6.92 Å². The number of halogens is 1. The number of rotatable bonds is 2. The van der Waals surface area contributed by atoms with Crippen LogP contribution in [-0.2, 0) is 14.8 Å². The van der Waals surface area contributed by atoms with Crippen molar-refractivity contribution in [1.82, 2.24) is 9.21 Å². The molecule has 1 unspecified atom stereocenters. The Morgan fingerprint density at radius 2 is 1.88 bits per heavy atom. The van der Waals surface area contributed by atoms with E-state index in [1.165, 1.54) is 4.31 Å². The van der Waals surface area contributed by atoms with Crippen molar-refractivity contribution in [2.75, 3.05) is 19.6 Å². The molecule has 0 aliphatic carbocycles. The monoisotopic (exact) mass is 432 g/mol. The van der Waals surface area contributed by atoms with E-state index in [2.05, 4.69) is 15.9 Å². The molecule has 0 aromatic heterocycles. The van der Waals surface area contributed by atoms with Crippen molar-refractivity contribution in [2.45, 2.75) is 51.2 Å². The first kappa shape index (κ1) is 20.2. The molecule has 1 aromatic rings.